The molecule has 3 aromatic carbocycles. The van der Waals surface area contributed by atoms with Crippen LogP contribution in [0.5, 0.6) is 5.75 Å². The molecule has 1 fully saturated rings. The van der Waals surface area contributed by atoms with Gasteiger partial charge in [-0.05, 0) is 62.6 Å². The predicted octanol–water partition coefficient (Wildman–Crippen LogP) is 5.61. The van der Waals surface area contributed by atoms with Crippen LogP contribution in [-0.4, -0.2) is 24.1 Å². The summed E-state index contributed by atoms with van der Waals surface area (Å²) >= 11 is 0. The van der Waals surface area contributed by atoms with E-state index in [1.54, 1.807) is 26.0 Å². The van der Waals surface area contributed by atoms with Crippen LogP contribution in [0.25, 0.3) is 10.8 Å². The fourth-order valence-corrected chi connectivity index (χ4v) is 6.37. The van der Waals surface area contributed by atoms with Gasteiger partial charge in [-0.1, -0.05) is 30.3 Å². The second-order valence-electron chi connectivity index (χ2n) is 8.00. The Morgan fingerprint density at radius 2 is 1.73 bits per heavy atom. The van der Waals surface area contributed by atoms with Crippen LogP contribution in [0.4, 0.5) is 4.39 Å². The minimum absolute atomic E-state index is 0.201. The molecule has 1 saturated heterocycles. The Morgan fingerprint density at radius 3 is 2.47 bits per heavy atom. The van der Waals surface area contributed by atoms with E-state index in [0.29, 0.717) is 22.2 Å². The lowest BCUT2D eigenvalue weighted by molar-refractivity contribution is -0.159. The third-order valence-electron chi connectivity index (χ3n) is 5.42. The first-order chi connectivity index (χ1) is 14.4. The smallest absolute Gasteiger partial charge is 0.345 e. The zero-order valence-electron chi connectivity index (χ0n) is 17.3. The number of rotatable bonds is 6. The standard InChI is InChI=1S/C25H26FO3S/c1-25(2,18-8-7-9-19(26)16-18)29-24(27)17-28-22-12-13-23(30-14-5-6-15-30)21-11-4-3-10-20(21)22/h3-4,7-13,16H,5-6,14-15,17H2,1-2H3/q+1. The Balaban J connectivity index is 1.48. The summed E-state index contributed by atoms with van der Waals surface area (Å²) in [6.45, 7) is 3.28. The summed E-state index contributed by atoms with van der Waals surface area (Å²) in [5.41, 5.74) is -0.346. The van der Waals surface area contributed by atoms with Crippen LogP contribution in [0.2, 0.25) is 0 Å². The van der Waals surface area contributed by atoms with Gasteiger partial charge in [0.25, 0.3) is 0 Å². The highest BCUT2D eigenvalue weighted by Gasteiger charge is 2.30. The maximum absolute atomic E-state index is 13.5. The van der Waals surface area contributed by atoms with E-state index in [-0.39, 0.29) is 12.4 Å². The van der Waals surface area contributed by atoms with Crippen molar-refractivity contribution in [2.45, 2.75) is 37.2 Å². The molecule has 0 bridgehead atoms. The number of hydrogen-bond donors (Lipinski definition) is 0. The first-order valence-electron chi connectivity index (χ1n) is 10.2. The van der Waals surface area contributed by atoms with Crippen molar-refractivity contribution in [2.24, 2.45) is 0 Å². The summed E-state index contributed by atoms with van der Waals surface area (Å²) in [5, 5.41) is 2.22. The zero-order valence-corrected chi connectivity index (χ0v) is 18.1. The van der Waals surface area contributed by atoms with Crippen molar-refractivity contribution in [1.82, 2.24) is 0 Å². The Hall–Kier alpha value is -2.53. The molecule has 1 aliphatic rings. The van der Waals surface area contributed by atoms with E-state index in [4.69, 9.17) is 9.47 Å². The molecule has 5 heteroatoms. The fraction of sp³-hybridized carbons (Fsp3) is 0.320. The number of esters is 1. The molecule has 0 unspecified atom stereocenters. The van der Waals surface area contributed by atoms with Gasteiger partial charge in [0, 0.05) is 21.7 Å². The normalized spacial score (nSPS) is 14.8. The minimum atomic E-state index is -0.946. The monoisotopic (exact) mass is 425 g/mol. The van der Waals surface area contributed by atoms with Crippen molar-refractivity contribution in [3.05, 3.63) is 72.0 Å². The number of hydrogen-bond acceptors (Lipinski definition) is 3. The molecule has 30 heavy (non-hydrogen) atoms. The van der Waals surface area contributed by atoms with Crippen molar-refractivity contribution in [1.29, 1.82) is 0 Å². The Morgan fingerprint density at radius 1 is 1.00 bits per heavy atom. The van der Waals surface area contributed by atoms with E-state index in [0.717, 1.165) is 5.39 Å². The van der Waals surface area contributed by atoms with E-state index < -0.39 is 11.6 Å². The average Bonchev–Trinajstić information content (AvgIpc) is 3.26. The number of ether oxygens (including phenoxy) is 2. The summed E-state index contributed by atoms with van der Waals surface area (Å²) in [4.78, 5) is 13.9. The van der Waals surface area contributed by atoms with E-state index in [1.165, 1.54) is 46.8 Å². The third-order valence-corrected chi connectivity index (χ3v) is 7.96. The molecular weight excluding hydrogens is 399 g/mol. The number of benzene rings is 3. The molecule has 3 aromatic rings. The van der Waals surface area contributed by atoms with Crippen LogP contribution in [0.3, 0.4) is 0 Å². The van der Waals surface area contributed by atoms with E-state index >= 15 is 0 Å². The second kappa shape index (κ2) is 8.68. The molecule has 0 spiro atoms. The van der Waals surface area contributed by atoms with Gasteiger partial charge in [-0.15, -0.1) is 0 Å². The first kappa shape index (κ1) is 20.7. The number of halogens is 1. The predicted molar refractivity (Wildman–Crippen MR) is 120 cm³/mol. The molecule has 0 aromatic heterocycles. The summed E-state index contributed by atoms with van der Waals surface area (Å²) in [5.74, 6) is 2.34. The number of carbonyl (C=O) groups excluding carboxylic acids is 1. The third kappa shape index (κ3) is 4.46. The van der Waals surface area contributed by atoms with Crippen LogP contribution < -0.4 is 4.74 Å². The van der Waals surface area contributed by atoms with Crippen molar-refractivity contribution < 1.29 is 18.7 Å². The van der Waals surface area contributed by atoms with Gasteiger partial charge in [-0.2, -0.15) is 0 Å². The van der Waals surface area contributed by atoms with E-state index in [2.05, 4.69) is 12.1 Å². The average molecular weight is 426 g/mol. The lowest BCUT2D eigenvalue weighted by Gasteiger charge is -2.25. The molecule has 0 saturated carbocycles. The fourth-order valence-electron chi connectivity index (χ4n) is 3.87. The molecule has 4 rings (SSSR count). The van der Waals surface area contributed by atoms with E-state index in [1.807, 2.05) is 24.3 Å². The van der Waals surface area contributed by atoms with Crippen LogP contribution in [0.15, 0.2) is 65.6 Å². The van der Waals surface area contributed by atoms with Crippen LogP contribution in [-0.2, 0) is 26.0 Å². The number of fused-ring (bicyclic) bond motifs is 1. The van der Waals surface area contributed by atoms with Gasteiger partial charge in [-0.3, -0.25) is 0 Å². The summed E-state index contributed by atoms with van der Waals surface area (Å²) in [6, 6.07) is 18.4. The molecule has 0 aliphatic carbocycles. The van der Waals surface area contributed by atoms with Crippen molar-refractivity contribution in [3.8, 4) is 5.75 Å². The number of carbonyl (C=O) groups is 1. The Bertz CT molecular complexity index is 1060. The summed E-state index contributed by atoms with van der Waals surface area (Å²) in [7, 11) is 0.299. The molecule has 1 aliphatic heterocycles. The maximum atomic E-state index is 13.5. The highest BCUT2D eigenvalue weighted by molar-refractivity contribution is 7.97. The van der Waals surface area contributed by atoms with Gasteiger partial charge in [0.1, 0.15) is 28.7 Å². The van der Waals surface area contributed by atoms with Crippen molar-refractivity contribution in [2.75, 3.05) is 18.1 Å². The van der Waals surface area contributed by atoms with Crippen LogP contribution in [0.1, 0.15) is 32.3 Å². The van der Waals surface area contributed by atoms with Gasteiger partial charge in [0.15, 0.2) is 11.5 Å². The Labute approximate surface area is 179 Å². The van der Waals surface area contributed by atoms with Gasteiger partial charge in [0.05, 0.1) is 0 Å². The topological polar surface area (TPSA) is 35.5 Å². The zero-order chi connectivity index (χ0) is 21.1. The van der Waals surface area contributed by atoms with Crippen molar-refractivity contribution >= 4 is 27.6 Å². The van der Waals surface area contributed by atoms with Crippen LogP contribution >= 0.6 is 0 Å². The van der Waals surface area contributed by atoms with Gasteiger partial charge >= 0.3 is 5.97 Å². The molecule has 0 atom stereocenters. The highest BCUT2D eigenvalue weighted by Crippen LogP contribution is 2.35. The van der Waals surface area contributed by atoms with Crippen molar-refractivity contribution in [3.63, 3.8) is 0 Å². The summed E-state index contributed by atoms with van der Waals surface area (Å²) < 4.78 is 25.0. The largest absolute Gasteiger partial charge is 0.481 e. The highest BCUT2D eigenvalue weighted by atomic mass is 32.2. The first-order valence-corrected chi connectivity index (χ1v) is 11.8. The maximum Gasteiger partial charge on any atom is 0.345 e. The summed E-state index contributed by atoms with van der Waals surface area (Å²) in [6.07, 6.45) is 2.59. The molecule has 1 heterocycles. The van der Waals surface area contributed by atoms with Gasteiger partial charge < -0.3 is 9.47 Å². The molecule has 0 radical (unpaired) electrons. The Kier molecular flexibility index (Phi) is 6.00. The minimum Gasteiger partial charge on any atom is -0.481 e. The van der Waals surface area contributed by atoms with Crippen LogP contribution in [0, 0.1) is 5.82 Å². The SMILES string of the molecule is CC(C)(OC(=O)COc1ccc([S+]2CCCC2)c2ccccc12)c1cccc(F)c1. The van der Waals surface area contributed by atoms with Gasteiger partial charge in [-0.25, -0.2) is 9.18 Å². The quantitative estimate of drug-likeness (QED) is 0.381. The molecule has 0 N–H and O–H groups in total. The molecule has 3 nitrogen and oxygen atoms in total. The molecule has 156 valence electrons. The van der Waals surface area contributed by atoms with E-state index in [9.17, 15) is 9.18 Å². The lowest BCUT2D eigenvalue weighted by atomic mass is 9.98. The lowest BCUT2D eigenvalue weighted by Crippen LogP contribution is -2.28. The molecular formula is C25H26FO3S+. The molecule has 0 amide bonds. The second-order valence-corrected chi connectivity index (χ2v) is 10.2. The van der Waals surface area contributed by atoms with Gasteiger partial charge in [0.2, 0.25) is 0 Å².